The number of methoxy groups -OCH3 is 1. The molecule has 0 radical (unpaired) electrons. The van der Waals surface area contributed by atoms with E-state index in [0.717, 1.165) is 65.7 Å². The minimum absolute atomic E-state index is 0.0844. The van der Waals surface area contributed by atoms with Crippen LogP contribution in [0.4, 0.5) is 5.95 Å². The van der Waals surface area contributed by atoms with Crippen molar-refractivity contribution in [1.82, 2.24) is 19.7 Å². The van der Waals surface area contributed by atoms with E-state index in [4.69, 9.17) is 14.8 Å². The maximum Gasteiger partial charge on any atom is 0.267 e. The number of piperidine rings is 1. The van der Waals surface area contributed by atoms with Gasteiger partial charge in [-0.15, -0.1) is 0 Å². The Kier molecular flexibility index (Phi) is 4.94. The summed E-state index contributed by atoms with van der Waals surface area (Å²) >= 11 is 0. The Morgan fingerprint density at radius 2 is 1.87 bits per heavy atom. The van der Waals surface area contributed by atoms with Crippen molar-refractivity contribution >= 4 is 5.95 Å². The molecule has 2 aromatic heterocycles. The lowest BCUT2D eigenvalue weighted by Crippen LogP contribution is -2.31. The van der Waals surface area contributed by atoms with Gasteiger partial charge >= 0.3 is 0 Å². The molecule has 7 heteroatoms. The summed E-state index contributed by atoms with van der Waals surface area (Å²) in [5.74, 6) is 1.61. The number of aryl methyl sites for hydroxylation is 2. The molecular weight excluding hydrogens is 378 g/mol. The summed E-state index contributed by atoms with van der Waals surface area (Å²) < 4.78 is 6.73. The normalized spacial score (nSPS) is 15.4. The first kappa shape index (κ1) is 18.8. The monoisotopic (exact) mass is 403 g/mol. The van der Waals surface area contributed by atoms with E-state index < -0.39 is 0 Å². The minimum Gasteiger partial charge on any atom is -0.497 e. The van der Waals surface area contributed by atoms with Gasteiger partial charge in [-0.2, -0.15) is 5.10 Å². The smallest absolute Gasteiger partial charge is 0.267 e. The van der Waals surface area contributed by atoms with Crippen LogP contribution in [0.1, 0.15) is 36.1 Å². The Bertz CT molecular complexity index is 1120. The van der Waals surface area contributed by atoms with Gasteiger partial charge in [0.2, 0.25) is 5.95 Å². The summed E-state index contributed by atoms with van der Waals surface area (Å²) in [4.78, 5) is 24.4. The molecule has 1 aromatic carbocycles. The van der Waals surface area contributed by atoms with Crippen LogP contribution in [0.5, 0.6) is 5.75 Å². The van der Waals surface area contributed by atoms with Crippen LogP contribution in [0.3, 0.4) is 0 Å². The van der Waals surface area contributed by atoms with E-state index >= 15 is 0 Å². The predicted octanol–water partition coefficient (Wildman–Crippen LogP) is 2.85. The number of hydrogen-bond acceptors (Lipinski definition) is 6. The molecule has 1 saturated heterocycles. The lowest BCUT2D eigenvalue weighted by Gasteiger charge is -2.28. The molecule has 5 rings (SSSR count). The molecule has 1 fully saturated rings. The third-order valence-corrected chi connectivity index (χ3v) is 5.95. The molecule has 3 heterocycles. The molecule has 0 unspecified atom stereocenters. The highest BCUT2D eigenvalue weighted by molar-refractivity contribution is 5.67. The summed E-state index contributed by atoms with van der Waals surface area (Å²) in [5.41, 5.74) is 4.69. The van der Waals surface area contributed by atoms with Crippen molar-refractivity contribution in [2.24, 2.45) is 0 Å². The fourth-order valence-corrected chi connectivity index (χ4v) is 4.26. The van der Waals surface area contributed by atoms with Crippen LogP contribution in [-0.2, 0) is 19.4 Å². The molecular formula is C23H25N5O2. The first-order chi connectivity index (χ1) is 14.7. The van der Waals surface area contributed by atoms with Crippen molar-refractivity contribution in [2.75, 3.05) is 25.1 Å². The molecule has 0 N–H and O–H groups in total. The van der Waals surface area contributed by atoms with Crippen molar-refractivity contribution in [3.05, 3.63) is 63.7 Å². The Morgan fingerprint density at radius 3 is 2.63 bits per heavy atom. The van der Waals surface area contributed by atoms with E-state index in [1.165, 1.54) is 23.9 Å². The van der Waals surface area contributed by atoms with Gasteiger partial charge in [0.05, 0.1) is 25.0 Å². The Balaban J connectivity index is 1.47. The molecule has 1 aliphatic carbocycles. The fourth-order valence-electron chi connectivity index (χ4n) is 4.26. The van der Waals surface area contributed by atoms with Gasteiger partial charge in [-0.05, 0) is 55.4 Å². The Hall–Kier alpha value is -3.22. The molecule has 0 spiro atoms. The second kappa shape index (κ2) is 7.89. The van der Waals surface area contributed by atoms with Gasteiger partial charge < -0.3 is 9.64 Å². The molecule has 0 amide bonds. The third kappa shape index (κ3) is 3.56. The van der Waals surface area contributed by atoms with E-state index in [2.05, 4.69) is 9.88 Å². The summed E-state index contributed by atoms with van der Waals surface area (Å²) in [6.07, 6.45) is 7.16. The van der Waals surface area contributed by atoms with Crippen LogP contribution in [0.15, 0.2) is 41.3 Å². The maximum absolute atomic E-state index is 12.6. The average Bonchev–Trinajstić information content (AvgIpc) is 2.80. The zero-order valence-electron chi connectivity index (χ0n) is 17.2. The third-order valence-electron chi connectivity index (χ3n) is 5.95. The summed E-state index contributed by atoms with van der Waals surface area (Å²) in [5, 5.41) is 4.71. The van der Waals surface area contributed by atoms with Crippen molar-refractivity contribution in [3.63, 3.8) is 0 Å². The molecule has 2 aliphatic rings. The highest BCUT2D eigenvalue weighted by Gasteiger charge is 2.23. The van der Waals surface area contributed by atoms with Crippen molar-refractivity contribution in [1.29, 1.82) is 0 Å². The Morgan fingerprint density at radius 1 is 1.07 bits per heavy atom. The van der Waals surface area contributed by atoms with Crippen LogP contribution >= 0.6 is 0 Å². The first-order valence-corrected chi connectivity index (χ1v) is 10.6. The van der Waals surface area contributed by atoms with Gasteiger partial charge in [0.1, 0.15) is 5.75 Å². The topological polar surface area (TPSA) is 73.1 Å². The van der Waals surface area contributed by atoms with Gasteiger partial charge in [0.25, 0.3) is 5.56 Å². The van der Waals surface area contributed by atoms with E-state index in [0.29, 0.717) is 6.54 Å². The van der Waals surface area contributed by atoms with Gasteiger partial charge in [-0.3, -0.25) is 4.79 Å². The SMILES string of the molecule is COc1ccc(Cn2nc3c(cc2=O)CCc2nc(N4CCCCC4)ncc2-3)cc1. The number of hydrogen-bond donors (Lipinski definition) is 0. The van der Waals surface area contributed by atoms with Crippen LogP contribution in [0.25, 0.3) is 11.3 Å². The molecule has 154 valence electrons. The van der Waals surface area contributed by atoms with Gasteiger partial charge in [-0.1, -0.05) is 12.1 Å². The number of aromatic nitrogens is 4. The zero-order valence-corrected chi connectivity index (χ0v) is 17.2. The van der Waals surface area contributed by atoms with E-state index in [1.807, 2.05) is 30.5 Å². The van der Waals surface area contributed by atoms with Gasteiger partial charge in [0, 0.05) is 30.9 Å². The number of benzene rings is 1. The van der Waals surface area contributed by atoms with Crippen LogP contribution < -0.4 is 15.2 Å². The summed E-state index contributed by atoms with van der Waals surface area (Å²) in [6, 6.07) is 9.41. The quantitative estimate of drug-likeness (QED) is 0.667. The van der Waals surface area contributed by atoms with Gasteiger partial charge in [-0.25, -0.2) is 14.6 Å². The minimum atomic E-state index is -0.0844. The van der Waals surface area contributed by atoms with Gasteiger partial charge in [0.15, 0.2) is 0 Å². The van der Waals surface area contributed by atoms with Crippen LogP contribution in [-0.4, -0.2) is 39.9 Å². The molecule has 1 aliphatic heterocycles. The summed E-state index contributed by atoms with van der Waals surface area (Å²) in [6.45, 7) is 2.46. The molecule has 0 atom stereocenters. The standard InChI is InChI=1S/C23H25N5O2/c1-30-18-8-5-16(6-9-18)15-28-21(29)13-17-7-10-20-19(22(17)26-28)14-24-23(25-20)27-11-3-2-4-12-27/h5-6,8-9,13-14H,2-4,7,10-12,15H2,1H3. The molecule has 3 aromatic rings. The van der Waals surface area contributed by atoms with E-state index in [-0.39, 0.29) is 5.56 Å². The highest BCUT2D eigenvalue weighted by Crippen LogP contribution is 2.31. The lowest BCUT2D eigenvalue weighted by atomic mass is 9.94. The van der Waals surface area contributed by atoms with E-state index in [9.17, 15) is 4.79 Å². The molecule has 0 bridgehead atoms. The number of nitrogens with zero attached hydrogens (tertiary/aromatic N) is 5. The predicted molar refractivity (Wildman–Crippen MR) is 115 cm³/mol. The summed E-state index contributed by atoms with van der Waals surface area (Å²) in [7, 11) is 1.64. The van der Waals surface area contributed by atoms with Crippen LogP contribution in [0, 0.1) is 0 Å². The molecule has 30 heavy (non-hydrogen) atoms. The number of fused-ring (bicyclic) bond motifs is 3. The van der Waals surface area contributed by atoms with E-state index in [1.54, 1.807) is 13.2 Å². The number of anilines is 1. The second-order valence-electron chi connectivity index (χ2n) is 7.94. The zero-order chi connectivity index (χ0) is 20.5. The van der Waals surface area contributed by atoms with Crippen molar-refractivity contribution < 1.29 is 4.74 Å². The molecule has 7 nitrogen and oxygen atoms in total. The first-order valence-electron chi connectivity index (χ1n) is 10.6. The Labute approximate surface area is 175 Å². The highest BCUT2D eigenvalue weighted by atomic mass is 16.5. The largest absolute Gasteiger partial charge is 0.497 e. The van der Waals surface area contributed by atoms with Crippen molar-refractivity contribution in [2.45, 2.75) is 38.6 Å². The van der Waals surface area contributed by atoms with Crippen LogP contribution in [0.2, 0.25) is 0 Å². The number of rotatable bonds is 4. The molecule has 0 saturated carbocycles. The second-order valence-corrected chi connectivity index (χ2v) is 7.94. The van der Waals surface area contributed by atoms with Crippen molar-refractivity contribution in [3.8, 4) is 17.0 Å². The lowest BCUT2D eigenvalue weighted by molar-refractivity contribution is 0.414. The fraction of sp³-hybridized carbons (Fsp3) is 0.391. The maximum atomic E-state index is 12.6. The average molecular weight is 403 g/mol. The number of ether oxygens (including phenoxy) is 1.